The highest BCUT2D eigenvalue weighted by Crippen LogP contribution is 2.18. The van der Waals surface area contributed by atoms with Crippen LogP contribution < -0.4 is 0 Å². The SMILES string of the molecule is O[C@H]1COC[C@@H]1N1CCCN(Cc2cnn(-c3cccc(Cl)c3)c2)CC1. The Morgan fingerprint density at radius 1 is 1.19 bits per heavy atom. The fourth-order valence-electron chi connectivity index (χ4n) is 3.82. The summed E-state index contributed by atoms with van der Waals surface area (Å²) < 4.78 is 7.29. The molecule has 140 valence electrons. The largest absolute Gasteiger partial charge is 0.389 e. The van der Waals surface area contributed by atoms with Crippen LogP contribution in [0, 0.1) is 0 Å². The van der Waals surface area contributed by atoms with E-state index in [4.69, 9.17) is 16.3 Å². The summed E-state index contributed by atoms with van der Waals surface area (Å²) in [6.45, 7) is 6.03. The van der Waals surface area contributed by atoms with Crippen molar-refractivity contribution in [2.45, 2.75) is 25.1 Å². The van der Waals surface area contributed by atoms with Crippen molar-refractivity contribution in [1.82, 2.24) is 19.6 Å². The van der Waals surface area contributed by atoms with Crippen molar-refractivity contribution < 1.29 is 9.84 Å². The summed E-state index contributed by atoms with van der Waals surface area (Å²) >= 11 is 6.07. The van der Waals surface area contributed by atoms with E-state index in [0.29, 0.717) is 18.2 Å². The third kappa shape index (κ3) is 4.10. The molecule has 0 spiro atoms. The Morgan fingerprint density at radius 3 is 2.92 bits per heavy atom. The lowest BCUT2D eigenvalue weighted by molar-refractivity contribution is 0.0837. The van der Waals surface area contributed by atoms with Crippen LogP contribution in [0.1, 0.15) is 12.0 Å². The van der Waals surface area contributed by atoms with Gasteiger partial charge in [0.1, 0.15) is 0 Å². The maximum Gasteiger partial charge on any atom is 0.0950 e. The van der Waals surface area contributed by atoms with Crippen molar-refractivity contribution in [2.75, 3.05) is 39.4 Å². The van der Waals surface area contributed by atoms with Crippen LogP contribution in [0.4, 0.5) is 0 Å². The number of benzene rings is 1. The molecule has 2 aliphatic heterocycles. The standard InChI is InChI=1S/C19H25ClN4O2/c20-16-3-1-4-17(9-16)24-12-15(10-21-24)11-22-5-2-6-23(8-7-22)18-13-26-14-19(18)25/h1,3-4,9-10,12,18-19,25H,2,5-8,11,13-14H2/t18-,19-/m0/s1. The van der Waals surface area contributed by atoms with Gasteiger partial charge in [0.2, 0.25) is 0 Å². The maximum absolute atomic E-state index is 10.1. The molecule has 2 aliphatic rings. The molecular formula is C19H25ClN4O2. The molecular weight excluding hydrogens is 352 g/mol. The van der Waals surface area contributed by atoms with Gasteiger partial charge >= 0.3 is 0 Å². The highest BCUT2D eigenvalue weighted by Gasteiger charge is 2.32. The molecule has 2 aromatic rings. The summed E-state index contributed by atoms with van der Waals surface area (Å²) in [5, 5.41) is 15.3. The molecule has 0 unspecified atom stereocenters. The minimum Gasteiger partial charge on any atom is -0.389 e. The molecule has 2 fully saturated rings. The first-order valence-corrected chi connectivity index (χ1v) is 9.58. The van der Waals surface area contributed by atoms with E-state index >= 15 is 0 Å². The molecule has 0 amide bonds. The molecule has 6 nitrogen and oxygen atoms in total. The fourth-order valence-corrected chi connectivity index (χ4v) is 4.01. The van der Waals surface area contributed by atoms with E-state index in [9.17, 15) is 5.11 Å². The number of nitrogens with zero attached hydrogens (tertiary/aromatic N) is 4. The lowest BCUT2D eigenvalue weighted by Crippen LogP contribution is -2.44. The van der Waals surface area contributed by atoms with Gasteiger partial charge in [-0.2, -0.15) is 5.10 Å². The van der Waals surface area contributed by atoms with Gasteiger partial charge in [-0.15, -0.1) is 0 Å². The molecule has 0 saturated carbocycles. The number of hydrogen-bond acceptors (Lipinski definition) is 5. The van der Waals surface area contributed by atoms with Crippen LogP contribution in [-0.2, 0) is 11.3 Å². The first-order chi connectivity index (χ1) is 12.7. The van der Waals surface area contributed by atoms with E-state index in [-0.39, 0.29) is 12.1 Å². The molecule has 1 aromatic heterocycles. The lowest BCUT2D eigenvalue weighted by atomic mass is 10.2. The van der Waals surface area contributed by atoms with E-state index in [2.05, 4.69) is 21.1 Å². The van der Waals surface area contributed by atoms with E-state index in [1.54, 1.807) is 0 Å². The normalized spacial score (nSPS) is 25.5. The van der Waals surface area contributed by atoms with Gasteiger partial charge in [0.05, 0.1) is 37.2 Å². The van der Waals surface area contributed by atoms with Crippen molar-refractivity contribution >= 4 is 11.6 Å². The summed E-state index contributed by atoms with van der Waals surface area (Å²) in [6, 6.07) is 7.87. The van der Waals surface area contributed by atoms with E-state index in [0.717, 1.165) is 44.8 Å². The Labute approximate surface area is 158 Å². The van der Waals surface area contributed by atoms with Gasteiger partial charge in [0.15, 0.2) is 0 Å². The highest BCUT2D eigenvalue weighted by molar-refractivity contribution is 6.30. The summed E-state index contributed by atoms with van der Waals surface area (Å²) in [6.07, 6.45) is 4.75. The van der Waals surface area contributed by atoms with Crippen molar-refractivity contribution in [3.8, 4) is 5.69 Å². The summed E-state index contributed by atoms with van der Waals surface area (Å²) in [7, 11) is 0. The highest BCUT2D eigenvalue weighted by atomic mass is 35.5. The Bertz CT molecular complexity index is 738. The number of rotatable bonds is 4. The lowest BCUT2D eigenvalue weighted by Gasteiger charge is -2.28. The number of aliphatic hydroxyl groups is 1. The minimum absolute atomic E-state index is 0.153. The molecule has 1 aromatic carbocycles. The number of aromatic nitrogens is 2. The summed E-state index contributed by atoms with van der Waals surface area (Å²) in [5.74, 6) is 0. The first-order valence-electron chi connectivity index (χ1n) is 9.21. The van der Waals surface area contributed by atoms with E-state index < -0.39 is 0 Å². The molecule has 0 bridgehead atoms. The second-order valence-corrected chi connectivity index (χ2v) is 7.55. The zero-order valence-corrected chi connectivity index (χ0v) is 15.6. The fraction of sp³-hybridized carbons (Fsp3) is 0.526. The Morgan fingerprint density at radius 2 is 2.12 bits per heavy atom. The van der Waals surface area contributed by atoms with Gasteiger partial charge in [-0.25, -0.2) is 4.68 Å². The predicted molar refractivity (Wildman–Crippen MR) is 101 cm³/mol. The zero-order chi connectivity index (χ0) is 17.9. The van der Waals surface area contributed by atoms with Crippen molar-refractivity contribution in [2.24, 2.45) is 0 Å². The molecule has 0 aliphatic carbocycles. The topological polar surface area (TPSA) is 53.8 Å². The van der Waals surface area contributed by atoms with Crippen LogP contribution in [0.15, 0.2) is 36.7 Å². The minimum atomic E-state index is -0.350. The van der Waals surface area contributed by atoms with Gasteiger partial charge in [0, 0.05) is 36.4 Å². The van der Waals surface area contributed by atoms with Gasteiger partial charge in [-0.05, 0) is 37.7 Å². The van der Waals surface area contributed by atoms with Crippen LogP contribution in [0.2, 0.25) is 5.02 Å². The maximum atomic E-state index is 10.1. The van der Waals surface area contributed by atoms with Crippen LogP contribution >= 0.6 is 11.6 Å². The van der Waals surface area contributed by atoms with Crippen LogP contribution in [0.25, 0.3) is 5.69 Å². The van der Waals surface area contributed by atoms with E-state index in [1.165, 1.54) is 5.56 Å². The Kier molecular flexibility index (Phi) is 5.57. The Hall–Kier alpha value is -1.44. The summed E-state index contributed by atoms with van der Waals surface area (Å²) in [4.78, 5) is 4.84. The molecule has 7 heteroatoms. The monoisotopic (exact) mass is 376 g/mol. The van der Waals surface area contributed by atoms with Crippen LogP contribution in [0.3, 0.4) is 0 Å². The molecule has 4 rings (SSSR count). The van der Waals surface area contributed by atoms with Gasteiger partial charge in [0.25, 0.3) is 0 Å². The number of aliphatic hydroxyl groups excluding tert-OH is 1. The average Bonchev–Trinajstić information content (AvgIpc) is 3.20. The third-order valence-corrected chi connectivity index (χ3v) is 5.46. The van der Waals surface area contributed by atoms with E-state index in [1.807, 2.05) is 35.1 Å². The second-order valence-electron chi connectivity index (χ2n) is 7.11. The molecule has 0 radical (unpaired) electrons. The second kappa shape index (κ2) is 8.06. The quantitative estimate of drug-likeness (QED) is 0.881. The number of halogens is 1. The molecule has 1 N–H and O–H groups in total. The molecule has 2 saturated heterocycles. The Balaban J connectivity index is 1.36. The molecule has 3 heterocycles. The number of ether oxygens (including phenoxy) is 1. The van der Waals surface area contributed by atoms with Crippen LogP contribution in [0.5, 0.6) is 0 Å². The smallest absolute Gasteiger partial charge is 0.0950 e. The average molecular weight is 377 g/mol. The third-order valence-electron chi connectivity index (χ3n) is 5.23. The molecule has 26 heavy (non-hydrogen) atoms. The van der Waals surface area contributed by atoms with Gasteiger partial charge < -0.3 is 9.84 Å². The van der Waals surface area contributed by atoms with Crippen molar-refractivity contribution in [3.63, 3.8) is 0 Å². The number of hydrogen-bond donors (Lipinski definition) is 1. The zero-order valence-electron chi connectivity index (χ0n) is 14.8. The van der Waals surface area contributed by atoms with Crippen LogP contribution in [-0.4, -0.2) is 76.2 Å². The van der Waals surface area contributed by atoms with Gasteiger partial charge in [-0.1, -0.05) is 17.7 Å². The first kappa shape index (κ1) is 17.9. The summed E-state index contributed by atoms with van der Waals surface area (Å²) in [5.41, 5.74) is 2.17. The predicted octanol–water partition coefficient (Wildman–Crippen LogP) is 1.79. The van der Waals surface area contributed by atoms with Crippen molar-refractivity contribution in [3.05, 3.63) is 47.2 Å². The van der Waals surface area contributed by atoms with Gasteiger partial charge in [-0.3, -0.25) is 9.80 Å². The van der Waals surface area contributed by atoms with Crippen molar-refractivity contribution in [1.29, 1.82) is 0 Å². The molecule has 2 atom stereocenters.